The van der Waals surface area contributed by atoms with Crippen LogP contribution >= 0.6 is 0 Å². The SMILES string of the molecule is N#Cc1ccc(CNC(=O)C2CCCN2C(=O)C(O)CC2CCCCC2)cc1. The second-order valence-electron chi connectivity index (χ2n) is 7.97. The summed E-state index contributed by atoms with van der Waals surface area (Å²) < 4.78 is 0. The van der Waals surface area contributed by atoms with Crippen LogP contribution in [0.25, 0.3) is 0 Å². The average Bonchev–Trinajstić information content (AvgIpc) is 3.22. The number of hydrogen-bond acceptors (Lipinski definition) is 4. The molecule has 3 rings (SSSR count). The van der Waals surface area contributed by atoms with Crippen LogP contribution in [0.5, 0.6) is 0 Å². The van der Waals surface area contributed by atoms with Crippen LogP contribution in [0.3, 0.4) is 0 Å². The predicted octanol–water partition coefficient (Wildman–Crippen LogP) is 2.50. The van der Waals surface area contributed by atoms with Gasteiger partial charge in [-0.3, -0.25) is 9.59 Å². The van der Waals surface area contributed by atoms with E-state index in [1.807, 2.05) is 12.1 Å². The van der Waals surface area contributed by atoms with Gasteiger partial charge in [-0.25, -0.2) is 0 Å². The van der Waals surface area contributed by atoms with Crippen molar-refractivity contribution in [3.05, 3.63) is 35.4 Å². The number of likely N-dealkylation sites (tertiary alicyclic amines) is 1. The highest BCUT2D eigenvalue weighted by molar-refractivity contribution is 5.89. The second kappa shape index (κ2) is 9.70. The van der Waals surface area contributed by atoms with Gasteiger partial charge in [0.05, 0.1) is 11.6 Å². The summed E-state index contributed by atoms with van der Waals surface area (Å²) in [5.74, 6) is -0.0689. The predicted molar refractivity (Wildman–Crippen MR) is 105 cm³/mol. The molecule has 150 valence electrons. The number of nitriles is 1. The minimum atomic E-state index is -1.00. The summed E-state index contributed by atoms with van der Waals surface area (Å²) in [6.07, 6.45) is 6.67. The quantitative estimate of drug-likeness (QED) is 0.789. The van der Waals surface area contributed by atoms with Crippen LogP contribution in [0, 0.1) is 17.2 Å². The number of nitrogens with zero attached hydrogens (tertiary/aromatic N) is 2. The van der Waals surface area contributed by atoms with Crippen LogP contribution < -0.4 is 5.32 Å². The standard InChI is InChI=1S/C22H29N3O3/c23-14-17-8-10-18(11-9-17)15-24-21(27)19-7-4-12-25(19)22(28)20(26)13-16-5-2-1-3-6-16/h8-11,16,19-20,26H,1-7,12-13,15H2,(H,24,27). The summed E-state index contributed by atoms with van der Waals surface area (Å²) in [5.41, 5.74) is 1.48. The topological polar surface area (TPSA) is 93.4 Å². The molecular weight excluding hydrogens is 354 g/mol. The first-order valence-corrected chi connectivity index (χ1v) is 10.3. The summed E-state index contributed by atoms with van der Waals surface area (Å²) >= 11 is 0. The van der Waals surface area contributed by atoms with Gasteiger partial charge in [-0.2, -0.15) is 5.26 Å². The molecule has 1 saturated carbocycles. The van der Waals surface area contributed by atoms with Crippen molar-refractivity contribution in [1.82, 2.24) is 10.2 Å². The monoisotopic (exact) mass is 383 g/mol. The molecule has 1 aliphatic heterocycles. The first-order chi connectivity index (χ1) is 13.6. The van der Waals surface area contributed by atoms with E-state index >= 15 is 0 Å². The second-order valence-corrected chi connectivity index (χ2v) is 7.97. The molecule has 2 atom stereocenters. The molecule has 2 unspecified atom stereocenters. The Morgan fingerprint density at radius 2 is 1.86 bits per heavy atom. The van der Waals surface area contributed by atoms with Gasteiger partial charge in [0.1, 0.15) is 12.1 Å². The Balaban J connectivity index is 1.52. The minimum absolute atomic E-state index is 0.180. The largest absolute Gasteiger partial charge is 0.383 e. The lowest BCUT2D eigenvalue weighted by Gasteiger charge is -2.29. The van der Waals surface area contributed by atoms with Crippen molar-refractivity contribution in [2.24, 2.45) is 5.92 Å². The Hall–Kier alpha value is -2.39. The lowest BCUT2D eigenvalue weighted by molar-refractivity contribution is -0.146. The lowest BCUT2D eigenvalue weighted by atomic mass is 9.85. The molecule has 2 fully saturated rings. The van der Waals surface area contributed by atoms with Gasteiger partial charge < -0.3 is 15.3 Å². The van der Waals surface area contributed by atoms with E-state index in [9.17, 15) is 14.7 Å². The van der Waals surface area contributed by atoms with E-state index in [1.165, 1.54) is 19.3 Å². The molecule has 6 heteroatoms. The molecule has 1 saturated heterocycles. The maximum atomic E-state index is 12.7. The van der Waals surface area contributed by atoms with E-state index in [4.69, 9.17) is 5.26 Å². The normalized spacial score (nSPS) is 21.1. The van der Waals surface area contributed by atoms with Crippen molar-refractivity contribution < 1.29 is 14.7 Å². The van der Waals surface area contributed by atoms with Crippen LogP contribution in [0.15, 0.2) is 24.3 Å². The number of carbonyl (C=O) groups excluding carboxylic acids is 2. The molecule has 1 heterocycles. The molecule has 0 aromatic heterocycles. The third-order valence-electron chi connectivity index (χ3n) is 5.95. The number of nitrogens with one attached hydrogen (secondary N) is 1. The molecule has 2 aliphatic rings. The van der Waals surface area contributed by atoms with Crippen LogP contribution in [-0.4, -0.2) is 40.5 Å². The molecule has 0 bridgehead atoms. The van der Waals surface area contributed by atoms with Gasteiger partial charge in [0.25, 0.3) is 5.91 Å². The fourth-order valence-electron chi connectivity index (χ4n) is 4.34. The first-order valence-electron chi connectivity index (χ1n) is 10.3. The minimum Gasteiger partial charge on any atom is -0.383 e. The zero-order chi connectivity index (χ0) is 19.9. The maximum absolute atomic E-state index is 12.7. The van der Waals surface area contributed by atoms with E-state index in [1.54, 1.807) is 17.0 Å². The number of rotatable bonds is 6. The highest BCUT2D eigenvalue weighted by atomic mass is 16.3. The number of hydrogen-bond donors (Lipinski definition) is 2. The summed E-state index contributed by atoms with van der Waals surface area (Å²) in [5, 5.41) is 22.2. The summed E-state index contributed by atoms with van der Waals surface area (Å²) in [7, 11) is 0. The fraction of sp³-hybridized carbons (Fsp3) is 0.591. The zero-order valence-electron chi connectivity index (χ0n) is 16.3. The van der Waals surface area contributed by atoms with Crippen molar-refractivity contribution in [3.8, 4) is 6.07 Å². The summed E-state index contributed by atoms with van der Waals surface area (Å²) in [4.78, 5) is 26.9. The van der Waals surface area contributed by atoms with Gasteiger partial charge in [0, 0.05) is 13.1 Å². The Labute approximate surface area is 166 Å². The molecule has 0 spiro atoms. The fourth-order valence-corrected chi connectivity index (χ4v) is 4.34. The molecule has 2 amide bonds. The zero-order valence-corrected chi connectivity index (χ0v) is 16.3. The summed E-state index contributed by atoms with van der Waals surface area (Å²) in [6, 6.07) is 8.61. The molecular formula is C22H29N3O3. The highest BCUT2D eigenvalue weighted by Gasteiger charge is 2.37. The number of amides is 2. The molecule has 1 aromatic carbocycles. The van der Waals surface area contributed by atoms with E-state index in [-0.39, 0.29) is 11.8 Å². The van der Waals surface area contributed by atoms with E-state index < -0.39 is 12.1 Å². The molecule has 28 heavy (non-hydrogen) atoms. The molecule has 2 N–H and O–H groups in total. The van der Waals surface area contributed by atoms with Crippen molar-refractivity contribution >= 4 is 11.8 Å². The van der Waals surface area contributed by atoms with E-state index in [0.717, 1.165) is 24.8 Å². The van der Waals surface area contributed by atoms with E-state index in [0.29, 0.717) is 37.4 Å². The summed E-state index contributed by atoms with van der Waals surface area (Å²) in [6.45, 7) is 0.878. The average molecular weight is 383 g/mol. The van der Waals surface area contributed by atoms with Crippen LogP contribution in [0.2, 0.25) is 0 Å². The molecule has 1 aliphatic carbocycles. The van der Waals surface area contributed by atoms with Crippen molar-refractivity contribution in [2.75, 3.05) is 6.54 Å². The molecule has 0 radical (unpaired) electrons. The number of aliphatic hydroxyl groups is 1. The number of aliphatic hydroxyl groups excluding tert-OH is 1. The van der Waals surface area contributed by atoms with Crippen molar-refractivity contribution in [2.45, 2.75) is 70.1 Å². The van der Waals surface area contributed by atoms with Gasteiger partial charge >= 0.3 is 0 Å². The van der Waals surface area contributed by atoms with E-state index in [2.05, 4.69) is 11.4 Å². The maximum Gasteiger partial charge on any atom is 0.252 e. The molecule has 1 aromatic rings. The van der Waals surface area contributed by atoms with Crippen LogP contribution in [-0.2, 0) is 16.1 Å². The third-order valence-corrected chi connectivity index (χ3v) is 5.95. The Morgan fingerprint density at radius 3 is 2.54 bits per heavy atom. The molecule has 6 nitrogen and oxygen atoms in total. The van der Waals surface area contributed by atoms with Crippen LogP contribution in [0.4, 0.5) is 0 Å². The van der Waals surface area contributed by atoms with Gasteiger partial charge in [-0.05, 0) is 42.9 Å². The Bertz CT molecular complexity index is 720. The highest BCUT2D eigenvalue weighted by Crippen LogP contribution is 2.28. The van der Waals surface area contributed by atoms with Gasteiger partial charge in [0.15, 0.2) is 0 Å². The van der Waals surface area contributed by atoms with Crippen molar-refractivity contribution in [3.63, 3.8) is 0 Å². The van der Waals surface area contributed by atoms with Crippen molar-refractivity contribution in [1.29, 1.82) is 5.26 Å². The lowest BCUT2D eigenvalue weighted by Crippen LogP contribution is -2.49. The Morgan fingerprint density at radius 1 is 1.14 bits per heavy atom. The van der Waals surface area contributed by atoms with Gasteiger partial charge in [0.2, 0.25) is 5.91 Å². The number of benzene rings is 1. The van der Waals surface area contributed by atoms with Gasteiger partial charge in [-0.1, -0.05) is 44.2 Å². The Kier molecular flexibility index (Phi) is 7.05. The first kappa shape index (κ1) is 20.3. The smallest absolute Gasteiger partial charge is 0.252 e. The van der Waals surface area contributed by atoms with Crippen LogP contribution in [0.1, 0.15) is 62.5 Å². The number of carbonyl (C=O) groups is 2. The van der Waals surface area contributed by atoms with Gasteiger partial charge in [-0.15, -0.1) is 0 Å². The third kappa shape index (κ3) is 5.11.